The Labute approximate surface area is 85.4 Å². The Bertz CT molecular complexity index is 230. The van der Waals surface area contributed by atoms with E-state index in [1.165, 1.54) is 0 Å². The number of carbonyl (C=O) groups is 2. The fourth-order valence-corrected chi connectivity index (χ4v) is 2.00. The number of carbonyl (C=O) groups excluding carboxylic acids is 2. The maximum Gasteiger partial charge on any atom is 0.140 e. The summed E-state index contributed by atoms with van der Waals surface area (Å²) in [5, 5.41) is 0. The third-order valence-electron chi connectivity index (χ3n) is 2.84. The number of aldehydes is 1. The summed E-state index contributed by atoms with van der Waals surface area (Å²) in [6.45, 7) is 2.11. The van der Waals surface area contributed by atoms with Gasteiger partial charge < -0.3 is 4.79 Å². The molecule has 2 atom stereocenters. The maximum atomic E-state index is 11.5. The van der Waals surface area contributed by atoms with Gasteiger partial charge in [0.2, 0.25) is 0 Å². The minimum absolute atomic E-state index is 0.0201. The first-order chi connectivity index (χ1) is 6.79. The van der Waals surface area contributed by atoms with Crippen molar-refractivity contribution in [2.24, 2.45) is 11.8 Å². The van der Waals surface area contributed by atoms with Crippen LogP contribution in [-0.2, 0) is 9.59 Å². The van der Waals surface area contributed by atoms with E-state index in [0.717, 1.165) is 25.5 Å². The fraction of sp³-hybridized carbons (Fsp3) is 0.667. The monoisotopic (exact) mass is 194 g/mol. The van der Waals surface area contributed by atoms with Gasteiger partial charge in [0, 0.05) is 18.8 Å². The molecule has 0 radical (unpaired) electrons. The van der Waals surface area contributed by atoms with E-state index in [9.17, 15) is 9.59 Å². The molecule has 1 aliphatic rings. The molecule has 0 N–H and O–H groups in total. The lowest BCUT2D eigenvalue weighted by molar-refractivity contribution is -0.120. The standard InChI is InChI=1S/C12H18O2/c1-2-3-4-5-11-10(8-9-13)6-7-12(11)14/h4-5,9-11H,2-3,6-8H2,1H3. The van der Waals surface area contributed by atoms with E-state index >= 15 is 0 Å². The number of hydrogen-bond donors (Lipinski definition) is 0. The van der Waals surface area contributed by atoms with Crippen molar-refractivity contribution >= 4 is 12.1 Å². The Morgan fingerprint density at radius 3 is 2.93 bits per heavy atom. The van der Waals surface area contributed by atoms with Crippen molar-refractivity contribution in [3.05, 3.63) is 12.2 Å². The molecule has 2 nitrogen and oxygen atoms in total. The van der Waals surface area contributed by atoms with Crippen molar-refractivity contribution < 1.29 is 9.59 Å². The van der Waals surface area contributed by atoms with E-state index in [4.69, 9.17) is 0 Å². The van der Waals surface area contributed by atoms with E-state index < -0.39 is 0 Å². The molecule has 0 amide bonds. The van der Waals surface area contributed by atoms with Gasteiger partial charge in [-0.1, -0.05) is 25.5 Å². The number of rotatable bonds is 5. The molecule has 0 bridgehead atoms. The molecule has 0 saturated heterocycles. The zero-order valence-electron chi connectivity index (χ0n) is 8.74. The SMILES string of the molecule is CCCC=CC1C(=O)CCC1CC=O. The van der Waals surface area contributed by atoms with Crippen LogP contribution in [0.25, 0.3) is 0 Å². The Kier molecular flexibility index (Phi) is 4.57. The normalized spacial score (nSPS) is 27.4. The zero-order valence-corrected chi connectivity index (χ0v) is 8.74. The van der Waals surface area contributed by atoms with Crippen LogP contribution in [0.15, 0.2) is 12.2 Å². The molecule has 1 saturated carbocycles. The summed E-state index contributed by atoms with van der Waals surface area (Å²) < 4.78 is 0. The quantitative estimate of drug-likeness (QED) is 0.498. The summed E-state index contributed by atoms with van der Waals surface area (Å²) in [4.78, 5) is 21.9. The van der Waals surface area contributed by atoms with Crippen molar-refractivity contribution in [2.75, 3.05) is 0 Å². The zero-order chi connectivity index (χ0) is 10.4. The summed E-state index contributed by atoms with van der Waals surface area (Å²) in [6.07, 6.45) is 9.22. The van der Waals surface area contributed by atoms with Crippen molar-refractivity contribution in [3.63, 3.8) is 0 Å². The van der Waals surface area contributed by atoms with E-state index in [1.807, 2.05) is 6.08 Å². The first-order valence-electron chi connectivity index (χ1n) is 5.42. The summed E-state index contributed by atoms with van der Waals surface area (Å²) in [5.41, 5.74) is 0. The van der Waals surface area contributed by atoms with Crippen LogP contribution in [-0.4, -0.2) is 12.1 Å². The van der Waals surface area contributed by atoms with Gasteiger partial charge in [-0.25, -0.2) is 0 Å². The largest absolute Gasteiger partial charge is 0.303 e. The number of unbranched alkanes of at least 4 members (excludes halogenated alkanes) is 1. The van der Waals surface area contributed by atoms with Gasteiger partial charge >= 0.3 is 0 Å². The molecule has 0 spiro atoms. The van der Waals surface area contributed by atoms with Crippen LogP contribution >= 0.6 is 0 Å². The fourth-order valence-electron chi connectivity index (χ4n) is 2.00. The number of allylic oxidation sites excluding steroid dienone is 2. The van der Waals surface area contributed by atoms with Gasteiger partial charge in [-0.3, -0.25) is 4.79 Å². The van der Waals surface area contributed by atoms with E-state index in [2.05, 4.69) is 13.0 Å². The van der Waals surface area contributed by atoms with Crippen LogP contribution in [0.1, 0.15) is 39.0 Å². The molecule has 2 unspecified atom stereocenters. The van der Waals surface area contributed by atoms with Crippen molar-refractivity contribution in [3.8, 4) is 0 Å². The molecule has 0 aromatic heterocycles. The first kappa shape index (κ1) is 11.2. The van der Waals surface area contributed by atoms with Crippen LogP contribution in [0.2, 0.25) is 0 Å². The molecule has 0 aromatic carbocycles. The predicted molar refractivity (Wildman–Crippen MR) is 56.0 cm³/mol. The molecule has 1 rings (SSSR count). The highest BCUT2D eigenvalue weighted by molar-refractivity contribution is 5.85. The van der Waals surface area contributed by atoms with Crippen LogP contribution in [0.5, 0.6) is 0 Å². The Balaban J connectivity index is 2.52. The molecule has 78 valence electrons. The van der Waals surface area contributed by atoms with Crippen LogP contribution in [0, 0.1) is 11.8 Å². The van der Waals surface area contributed by atoms with Gasteiger partial charge in [0.25, 0.3) is 0 Å². The van der Waals surface area contributed by atoms with Gasteiger partial charge in [0.05, 0.1) is 0 Å². The molecule has 14 heavy (non-hydrogen) atoms. The van der Waals surface area contributed by atoms with E-state index in [1.54, 1.807) is 0 Å². The van der Waals surface area contributed by atoms with Gasteiger partial charge in [0.15, 0.2) is 0 Å². The van der Waals surface area contributed by atoms with Crippen LogP contribution in [0.4, 0.5) is 0 Å². The lowest BCUT2D eigenvalue weighted by Gasteiger charge is -2.10. The summed E-state index contributed by atoms with van der Waals surface area (Å²) in [5.74, 6) is 0.601. The van der Waals surface area contributed by atoms with Crippen LogP contribution < -0.4 is 0 Å². The molecule has 0 heterocycles. The molecular formula is C12H18O2. The number of hydrogen-bond acceptors (Lipinski definition) is 2. The van der Waals surface area contributed by atoms with Gasteiger partial charge in [-0.2, -0.15) is 0 Å². The molecule has 1 fully saturated rings. The molecule has 0 aliphatic heterocycles. The highest BCUT2D eigenvalue weighted by Crippen LogP contribution is 2.31. The highest BCUT2D eigenvalue weighted by Gasteiger charge is 2.31. The third kappa shape index (κ3) is 2.79. The Morgan fingerprint density at radius 1 is 1.50 bits per heavy atom. The Hall–Kier alpha value is -0.920. The third-order valence-corrected chi connectivity index (χ3v) is 2.84. The minimum Gasteiger partial charge on any atom is -0.303 e. The molecular weight excluding hydrogens is 176 g/mol. The molecule has 2 heteroatoms. The first-order valence-corrected chi connectivity index (χ1v) is 5.42. The smallest absolute Gasteiger partial charge is 0.140 e. The van der Waals surface area contributed by atoms with Crippen molar-refractivity contribution in [1.29, 1.82) is 0 Å². The van der Waals surface area contributed by atoms with Gasteiger partial charge in [0.1, 0.15) is 12.1 Å². The maximum absolute atomic E-state index is 11.5. The van der Waals surface area contributed by atoms with E-state index in [-0.39, 0.29) is 11.8 Å². The lowest BCUT2D eigenvalue weighted by Crippen LogP contribution is -2.12. The summed E-state index contributed by atoms with van der Waals surface area (Å²) in [6, 6.07) is 0. The predicted octanol–water partition coefficient (Wildman–Crippen LogP) is 2.53. The average Bonchev–Trinajstić information content (AvgIpc) is 2.50. The van der Waals surface area contributed by atoms with E-state index in [0.29, 0.717) is 18.6 Å². The van der Waals surface area contributed by atoms with Crippen LogP contribution in [0.3, 0.4) is 0 Å². The van der Waals surface area contributed by atoms with Crippen molar-refractivity contribution in [1.82, 2.24) is 0 Å². The summed E-state index contributed by atoms with van der Waals surface area (Å²) >= 11 is 0. The minimum atomic E-state index is 0.0201. The Morgan fingerprint density at radius 2 is 2.29 bits per heavy atom. The second kappa shape index (κ2) is 5.74. The highest BCUT2D eigenvalue weighted by atomic mass is 16.1. The van der Waals surface area contributed by atoms with Gasteiger partial charge in [-0.15, -0.1) is 0 Å². The van der Waals surface area contributed by atoms with Crippen molar-refractivity contribution in [2.45, 2.75) is 39.0 Å². The second-order valence-corrected chi connectivity index (χ2v) is 3.91. The molecule has 0 aromatic rings. The topological polar surface area (TPSA) is 34.1 Å². The average molecular weight is 194 g/mol. The number of ketones is 1. The second-order valence-electron chi connectivity index (χ2n) is 3.91. The lowest BCUT2D eigenvalue weighted by atomic mass is 9.92. The molecule has 1 aliphatic carbocycles. The summed E-state index contributed by atoms with van der Waals surface area (Å²) in [7, 11) is 0. The van der Waals surface area contributed by atoms with Gasteiger partial charge in [-0.05, 0) is 18.8 Å². The number of Topliss-reactive ketones (excluding diaryl/α,β-unsaturated/α-hetero) is 1.